The van der Waals surface area contributed by atoms with E-state index in [9.17, 15) is 24.0 Å². The predicted octanol–water partition coefficient (Wildman–Crippen LogP) is 2.59. The molecule has 0 aromatic carbocycles. The summed E-state index contributed by atoms with van der Waals surface area (Å²) in [4.78, 5) is 69.0. The summed E-state index contributed by atoms with van der Waals surface area (Å²) in [7, 11) is 1.25. The number of ketones is 1. The summed E-state index contributed by atoms with van der Waals surface area (Å²) in [6.45, 7) is 11.1. The van der Waals surface area contributed by atoms with Crippen molar-refractivity contribution < 1.29 is 38.2 Å². The molecule has 0 spiro atoms. The van der Waals surface area contributed by atoms with E-state index in [4.69, 9.17) is 25.7 Å². The lowest BCUT2D eigenvalue weighted by molar-refractivity contribution is -0.147. The molecule has 1 rings (SSSR count). The van der Waals surface area contributed by atoms with Crippen molar-refractivity contribution >= 4 is 29.8 Å². The number of carbonyl (C=O) groups is 5. The van der Waals surface area contributed by atoms with Gasteiger partial charge in [-0.3, -0.25) is 14.4 Å². The summed E-state index contributed by atoms with van der Waals surface area (Å²) in [5.41, 5.74) is 10.0. The highest BCUT2D eigenvalue weighted by molar-refractivity contribution is 5.94. The van der Waals surface area contributed by atoms with Crippen molar-refractivity contribution in [3.8, 4) is 0 Å². The molecule has 44 heavy (non-hydrogen) atoms. The van der Waals surface area contributed by atoms with Crippen molar-refractivity contribution in [2.24, 2.45) is 17.4 Å². The molecule has 1 heterocycles. The molecule has 3 unspecified atom stereocenters. The Morgan fingerprint density at radius 1 is 0.864 bits per heavy atom. The van der Waals surface area contributed by atoms with Crippen molar-refractivity contribution in [3.63, 3.8) is 0 Å². The number of rotatable bonds is 17. The lowest BCUT2D eigenvalue weighted by Crippen LogP contribution is -2.53. The summed E-state index contributed by atoms with van der Waals surface area (Å²) >= 11 is 0. The predicted molar refractivity (Wildman–Crippen MR) is 164 cm³/mol. The minimum Gasteiger partial charge on any atom is -0.469 e. The number of ether oxygens (including phenoxy) is 3. The minimum absolute atomic E-state index is 0.0843. The average Bonchev–Trinajstić information content (AvgIpc) is 3.38. The highest BCUT2D eigenvalue weighted by Crippen LogP contribution is 2.18. The third-order valence-corrected chi connectivity index (χ3v) is 6.30. The Bertz CT molecular complexity index is 1090. The lowest BCUT2D eigenvalue weighted by atomic mass is 9.92. The van der Waals surface area contributed by atoms with Crippen LogP contribution in [0, 0.1) is 5.92 Å². The third kappa shape index (κ3) is 15.3. The Morgan fingerprint density at radius 2 is 1.45 bits per heavy atom. The van der Waals surface area contributed by atoms with E-state index < -0.39 is 59.0 Å². The number of hydrogen-bond acceptors (Lipinski definition) is 11. The summed E-state index contributed by atoms with van der Waals surface area (Å²) in [6.07, 6.45) is 4.02. The van der Waals surface area contributed by atoms with Gasteiger partial charge in [0.15, 0.2) is 5.78 Å². The second-order valence-electron chi connectivity index (χ2n) is 12.7. The molecule has 1 aromatic rings. The number of unbranched alkanes of at least 4 members (excludes halogenated alkanes) is 2. The molecule has 0 fully saturated rings. The SMILES string of the molecule is COC(=O)C(CCCCN)CC(=O)C(Cc1cn(C(=O)OC(C)(C)C)cn1)NC(=O)C(CCCCN)NC(=O)OC(C)(C)C. The zero-order valence-corrected chi connectivity index (χ0v) is 27.3. The molecule has 0 saturated carbocycles. The van der Waals surface area contributed by atoms with Crippen molar-refractivity contribution in [1.29, 1.82) is 0 Å². The Morgan fingerprint density at radius 3 is 2.00 bits per heavy atom. The molecule has 0 aliphatic rings. The number of alkyl carbamates (subject to hydrolysis) is 1. The van der Waals surface area contributed by atoms with Gasteiger partial charge in [0.1, 0.15) is 23.6 Å². The van der Waals surface area contributed by atoms with E-state index in [1.807, 2.05) is 0 Å². The standard InChI is InChI=1S/C30H52N6O8/c1-29(2,3)43-27(40)35-22(13-9-11-15-32)25(38)34-23(24(37)16-20(26(39)42-7)12-8-10-14-31)17-21-18-36(19-33-21)28(41)44-30(4,5)6/h18-20,22-23H,8-17,31-32H2,1-7H3,(H,34,38)(H,35,40). The van der Waals surface area contributed by atoms with Gasteiger partial charge in [0, 0.05) is 19.0 Å². The molecule has 2 amide bonds. The summed E-state index contributed by atoms with van der Waals surface area (Å²) in [5.74, 6) is -2.33. The Labute approximate surface area is 260 Å². The Balaban J connectivity index is 3.28. The largest absolute Gasteiger partial charge is 0.469 e. The van der Waals surface area contributed by atoms with Gasteiger partial charge in [-0.15, -0.1) is 0 Å². The number of Topliss-reactive ketones (excluding diaryl/α,β-unsaturated/α-hetero) is 1. The van der Waals surface area contributed by atoms with Gasteiger partial charge in [-0.25, -0.2) is 19.1 Å². The average molecular weight is 625 g/mol. The highest BCUT2D eigenvalue weighted by atomic mass is 16.6. The fourth-order valence-corrected chi connectivity index (χ4v) is 4.21. The molecule has 0 aliphatic carbocycles. The fourth-order valence-electron chi connectivity index (χ4n) is 4.21. The number of nitrogens with two attached hydrogens (primary N) is 2. The molecular weight excluding hydrogens is 572 g/mol. The smallest absolute Gasteiger partial charge is 0.419 e. The molecule has 14 heteroatoms. The van der Waals surface area contributed by atoms with Crippen molar-refractivity contribution in [1.82, 2.24) is 20.2 Å². The number of esters is 1. The molecular formula is C30H52N6O8. The van der Waals surface area contributed by atoms with Gasteiger partial charge in [-0.1, -0.05) is 6.42 Å². The number of hydrogen-bond donors (Lipinski definition) is 4. The van der Waals surface area contributed by atoms with E-state index in [0.29, 0.717) is 50.9 Å². The van der Waals surface area contributed by atoms with Crippen LogP contribution in [0.5, 0.6) is 0 Å². The quantitative estimate of drug-likeness (QED) is 0.112. The Hall–Kier alpha value is -3.52. The van der Waals surface area contributed by atoms with Gasteiger partial charge in [0.2, 0.25) is 5.91 Å². The van der Waals surface area contributed by atoms with E-state index in [0.717, 1.165) is 4.57 Å². The number of nitrogens with zero attached hydrogens (tertiary/aromatic N) is 2. The van der Waals surface area contributed by atoms with E-state index in [1.165, 1.54) is 19.6 Å². The maximum atomic E-state index is 13.7. The second kappa shape index (κ2) is 18.3. The van der Waals surface area contributed by atoms with Gasteiger partial charge < -0.3 is 36.3 Å². The molecule has 6 N–H and O–H groups in total. The monoisotopic (exact) mass is 624 g/mol. The van der Waals surface area contributed by atoms with Crippen molar-refractivity contribution in [2.75, 3.05) is 20.2 Å². The first-order valence-corrected chi connectivity index (χ1v) is 15.1. The van der Waals surface area contributed by atoms with E-state index in [-0.39, 0.29) is 19.3 Å². The van der Waals surface area contributed by atoms with Gasteiger partial charge in [0.25, 0.3) is 0 Å². The molecule has 0 aliphatic heterocycles. The van der Waals surface area contributed by atoms with Crippen molar-refractivity contribution in [3.05, 3.63) is 18.2 Å². The zero-order valence-electron chi connectivity index (χ0n) is 27.3. The zero-order chi connectivity index (χ0) is 33.5. The van der Waals surface area contributed by atoms with Crippen LogP contribution in [0.2, 0.25) is 0 Å². The normalized spacial score (nSPS) is 13.8. The lowest BCUT2D eigenvalue weighted by Gasteiger charge is -2.25. The summed E-state index contributed by atoms with van der Waals surface area (Å²) in [5, 5.41) is 5.33. The molecule has 3 atom stereocenters. The molecule has 0 bridgehead atoms. The van der Waals surface area contributed by atoms with Gasteiger partial charge >= 0.3 is 18.2 Å². The van der Waals surface area contributed by atoms with E-state index in [1.54, 1.807) is 41.5 Å². The van der Waals surface area contributed by atoms with Crippen LogP contribution < -0.4 is 22.1 Å². The van der Waals surface area contributed by atoms with Crippen LogP contribution in [0.3, 0.4) is 0 Å². The number of nitrogens with one attached hydrogen (secondary N) is 2. The van der Waals surface area contributed by atoms with Crippen LogP contribution in [0.15, 0.2) is 12.5 Å². The third-order valence-electron chi connectivity index (χ3n) is 6.30. The topological polar surface area (TPSA) is 207 Å². The first-order chi connectivity index (χ1) is 20.5. The van der Waals surface area contributed by atoms with Crippen LogP contribution in [-0.2, 0) is 35.0 Å². The van der Waals surface area contributed by atoms with E-state index in [2.05, 4.69) is 15.6 Å². The number of methoxy groups -OCH3 is 1. The number of amides is 2. The number of carbonyl (C=O) groups excluding carboxylic acids is 5. The molecule has 14 nitrogen and oxygen atoms in total. The van der Waals surface area contributed by atoms with Crippen LogP contribution in [-0.4, -0.2) is 82.9 Å². The molecule has 0 radical (unpaired) electrons. The number of aromatic nitrogens is 2. The van der Waals surface area contributed by atoms with E-state index >= 15 is 0 Å². The number of imidazole rings is 1. The summed E-state index contributed by atoms with van der Waals surface area (Å²) < 4.78 is 16.8. The fraction of sp³-hybridized carbons (Fsp3) is 0.733. The second-order valence-corrected chi connectivity index (χ2v) is 12.7. The Kier molecular flexibility index (Phi) is 16.0. The van der Waals surface area contributed by atoms with Crippen LogP contribution in [0.4, 0.5) is 9.59 Å². The van der Waals surface area contributed by atoms with Crippen LogP contribution in [0.1, 0.15) is 92.2 Å². The van der Waals surface area contributed by atoms with Gasteiger partial charge in [0.05, 0.1) is 24.8 Å². The van der Waals surface area contributed by atoms with Gasteiger partial charge in [-0.05, 0) is 86.7 Å². The maximum Gasteiger partial charge on any atom is 0.419 e. The highest BCUT2D eigenvalue weighted by Gasteiger charge is 2.32. The molecule has 1 aromatic heterocycles. The minimum atomic E-state index is -1.14. The van der Waals surface area contributed by atoms with Gasteiger partial charge in [-0.2, -0.15) is 0 Å². The van der Waals surface area contributed by atoms with Crippen LogP contribution >= 0.6 is 0 Å². The first kappa shape index (κ1) is 38.5. The van der Waals surface area contributed by atoms with Crippen molar-refractivity contribution in [2.45, 2.75) is 116 Å². The van der Waals surface area contributed by atoms with Crippen LogP contribution in [0.25, 0.3) is 0 Å². The molecule has 250 valence electrons. The maximum absolute atomic E-state index is 13.7. The molecule has 0 saturated heterocycles. The summed E-state index contributed by atoms with van der Waals surface area (Å²) in [6, 6.07) is -2.16. The first-order valence-electron chi connectivity index (χ1n) is 15.1.